The Hall–Kier alpha value is 1.05. The first-order valence-electron chi connectivity index (χ1n) is 3.56. The molecule has 0 aromatic rings. The van der Waals surface area contributed by atoms with Gasteiger partial charge in [0.1, 0.15) is 0 Å². The van der Waals surface area contributed by atoms with Crippen LogP contribution in [0.15, 0.2) is 0 Å². The first kappa shape index (κ1) is 9.14. The van der Waals surface area contributed by atoms with E-state index < -0.39 is 0 Å². The van der Waals surface area contributed by atoms with E-state index in [-0.39, 0.29) is 0 Å². The molecular formula is C7H14S3. The van der Waals surface area contributed by atoms with Crippen LogP contribution in [-0.2, 0) is 0 Å². The first-order chi connectivity index (χ1) is 4.72. The second-order valence-corrected chi connectivity index (χ2v) is 7.59. The quantitative estimate of drug-likeness (QED) is 0.629. The van der Waals surface area contributed by atoms with E-state index >= 15 is 0 Å². The average Bonchev–Trinajstić information content (AvgIpc) is 1.85. The normalized spacial score (nSPS) is 41.7. The minimum Gasteiger partial charge on any atom is -0.140 e. The van der Waals surface area contributed by atoms with Gasteiger partial charge < -0.3 is 0 Å². The van der Waals surface area contributed by atoms with Gasteiger partial charge in [0.15, 0.2) is 0 Å². The molecule has 1 unspecified atom stereocenters. The van der Waals surface area contributed by atoms with Crippen molar-refractivity contribution in [3.63, 3.8) is 0 Å². The van der Waals surface area contributed by atoms with Crippen molar-refractivity contribution < 1.29 is 0 Å². The lowest BCUT2D eigenvalue weighted by Gasteiger charge is -2.29. The Balaban J connectivity index is 2.35. The minimum atomic E-state index is 0.791. The van der Waals surface area contributed by atoms with Gasteiger partial charge in [0, 0.05) is 10.5 Å². The topological polar surface area (TPSA) is 0 Å². The van der Waals surface area contributed by atoms with E-state index in [0.29, 0.717) is 0 Å². The predicted octanol–water partition coefficient (Wildman–Crippen LogP) is 3.28. The maximum atomic E-state index is 2.34. The van der Waals surface area contributed by atoms with Crippen molar-refractivity contribution in [3.8, 4) is 0 Å². The summed E-state index contributed by atoms with van der Waals surface area (Å²) in [5.41, 5.74) is 0. The molecule has 1 aliphatic heterocycles. The lowest BCUT2D eigenvalue weighted by Crippen LogP contribution is -2.17. The third-order valence-corrected chi connectivity index (χ3v) is 6.17. The van der Waals surface area contributed by atoms with Crippen molar-refractivity contribution in [2.24, 2.45) is 0 Å². The van der Waals surface area contributed by atoms with Gasteiger partial charge in [-0.05, 0) is 12.7 Å². The van der Waals surface area contributed by atoms with Gasteiger partial charge in [-0.1, -0.05) is 13.8 Å². The molecule has 1 saturated heterocycles. The van der Waals surface area contributed by atoms with Crippen LogP contribution in [0.25, 0.3) is 0 Å². The van der Waals surface area contributed by atoms with E-state index in [9.17, 15) is 0 Å². The van der Waals surface area contributed by atoms with Crippen molar-refractivity contribution in [1.29, 1.82) is 0 Å². The van der Waals surface area contributed by atoms with Crippen LogP contribution in [0.5, 0.6) is 0 Å². The summed E-state index contributed by atoms with van der Waals surface area (Å²) in [7, 11) is 0. The Morgan fingerprint density at radius 1 is 1.20 bits per heavy atom. The monoisotopic (exact) mass is 194 g/mol. The summed E-state index contributed by atoms with van der Waals surface area (Å²) in [4.78, 5) is 0. The number of rotatable bonds is 1. The average molecular weight is 194 g/mol. The molecule has 0 saturated carbocycles. The maximum Gasteiger partial charge on any atom is 0.0958 e. The van der Waals surface area contributed by atoms with E-state index in [2.05, 4.69) is 43.6 Å². The molecule has 0 bridgehead atoms. The molecule has 1 aliphatic rings. The van der Waals surface area contributed by atoms with Crippen molar-refractivity contribution in [2.45, 2.75) is 34.7 Å². The van der Waals surface area contributed by atoms with Gasteiger partial charge in [-0.3, -0.25) is 0 Å². The van der Waals surface area contributed by atoms with E-state index in [1.807, 2.05) is 11.8 Å². The summed E-state index contributed by atoms with van der Waals surface area (Å²) in [5.74, 6) is 0. The number of thioether (sulfide) groups is 3. The largest absolute Gasteiger partial charge is 0.140 e. The van der Waals surface area contributed by atoms with Crippen LogP contribution < -0.4 is 0 Å². The SMILES string of the molecule is CSC1S[C@H](C)C[C@H](C)S1. The minimum absolute atomic E-state index is 0.791. The maximum absolute atomic E-state index is 2.34. The lowest BCUT2D eigenvalue weighted by atomic mass is 10.3. The van der Waals surface area contributed by atoms with Crippen LogP contribution in [0.4, 0.5) is 0 Å². The number of hydrogen-bond acceptors (Lipinski definition) is 3. The van der Waals surface area contributed by atoms with Gasteiger partial charge in [-0.2, -0.15) is 0 Å². The molecule has 3 heteroatoms. The zero-order chi connectivity index (χ0) is 7.56. The highest BCUT2D eigenvalue weighted by molar-refractivity contribution is 8.32. The van der Waals surface area contributed by atoms with Crippen molar-refractivity contribution in [3.05, 3.63) is 0 Å². The van der Waals surface area contributed by atoms with Gasteiger partial charge in [0.25, 0.3) is 0 Å². The smallest absolute Gasteiger partial charge is 0.0958 e. The Labute approximate surface area is 76.3 Å². The highest BCUT2D eigenvalue weighted by atomic mass is 32.3. The van der Waals surface area contributed by atoms with Crippen LogP contribution in [0.2, 0.25) is 0 Å². The Bertz CT molecular complexity index is 95.0. The van der Waals surface area contributed by atoms with Crippen LogP contribution in [0, 0.1) is 0 Å². The molecule has 0 aliphatic carbocycles. The molecule has 1 fully saturated rings. The third kappa shape index (κ3) is 2.59. The fourth-order valence-corrected chi connectivity index (χ4v) is 6.20. The zero-order valence-electron chi connectivity index (χ0n) is 6.66. The molecule has 10 heavy (non-hydrogen) atoms. The van der Waals surface area contributed by atoms with E-state index in [0.717, 1.165) is 14.4 Å². The Morgan fingerprint density at radius 3 is 2.10 bits per heavy atom. The molecule has 0 nitrogen and oxygen atoms in total. The lowest BCUT2D eigenvalue weighted by molar-refractivity contribution is 0.797. The molecule has 0 spiro atoms. The summed E-state index contributed by atoms with van der Waals surface area (Å²) in [6.07, 6.45) is 3.59. The van der Waals surface area contributed by atoms with Gasteiger partial charge in [0.05, 0.1) is 3.91 Å². The molecule has 1 heterocycles. The van der Waals surface area contributed by atoms with Crippen LogP contribution in [0.3, 0.4) is 0 Å². The predicted molar refractivity (Wildman–Crippen MR) is 56.0 cm³/mol. The van der Waals surface area contributed by atoms with Crippen LogP contribution >= 0.6 is 35.3 Å². The zero-order valence-corrected chi connectivity index (χ0v) is 9.11. The van der Waals surface area contributed by atoms with E-state index in [1.54, 1.807) is 0 Å². The van der Waals surface area contributed by atoms with Crippen molar-refractivity contribution >= 4 is 35.3 Å². The van der Waals surface area contributed by atoms with Gasteiger partial charge in [-0.15, -0.1) is 35.3 Å². The standard InChI is InChI=1S/C7H14S3/c1-5-4-6(2)10-7(8-3)9-5/h5-7H,4H2,1-3H3/t5-,6+,7?. The van der Waals surface area contributed by atoms with Gasteiger partial charge in [-0.25, -0.2) is 0 Å². The molecule has 0 aromatic carbocycles. The highest BCUT2D eigenvalue weighted by Gasteiger charge is 2.23. The van der Waals surface area contributed by atoms with Gasteiger partial charge in [0.2, 0.25) is 0 Å². The highest BCUT2D eigenvalue weighted by Crippen LogP contribution is 2.44. The van der Waals surface area contributed by atoms with Crippen molar-refractivity contribution in [2.75, 3.05) is 6.26 Å². The Morgan fingerprint density at radius 2 is 1.70 bits per heavy atom. The number of hydrogen-bond donors (Lipinski definition) is 0. The molecule has 0 N–H and O–H groups in total. The fourth-order valence-electron chi connectivity index (χ4n) is 1.10. The molecule has 1 rings (SSSR count). The molecular weight excluding hydrogens is 180 g/mol. The van der Waals surface area contributed by atoms with Gasteiger partial charge >= 0.3 is 0 Å². The third-order valence-electron chi connectivity index (χ3n) is 1.54. The molecule has 0 aromatic heterocycles. The molecule has 0 radical (unpaired) electrons. The summed E-state index contributed by atoms with van der Waals surface area (Å²) in [5, 5.41) is 1.74. The molecule has 3 atom stereocenters. The second kappa shape index (κ2) is 4.17. The summed E-state index contributed by atoms with van der Waals surface area (Å²) in [6.45, 7) is 4.67. The summed E-state index contributed by atoms with van der Waals surface area (Å²) < 4.78 is 0.791. The molecule has 60 valence electrons. The van der Waals surface area contributed by atoms with Crippen molar-refractivity contribution in [1.82, 2.24) is 0 Å². The summed E-state index contributed by atoms with van der Waals surface area (Å²) >= 11 is 6.21. The first-order valence-corrected chi connectivity index (χ1v) is 6.73. The van der Waals surface area contributed by atoms with Crippen LogP contribution in [0.1, 0.15) is 20.3 Å². The van der Waals surface area contributed by atoms with Crippen LogP contribution in [-0.4, -0.2) is 20.7 Å². The van der Waals surface area contributed by atoms with E-state index in [4.69, 9.17) is 0 Å². The Kier molecular flexibility index (Phi) is 3.81. The molecule has 0 amide bonds. The summed E-state index contributed by atoms with van der Waals surface area (Å²) in [6, 6.07) is 0. The second-order valence-electron chi connectivity index (χ2n) is 2.65. The fraction of sp³-hybridized carbons (Fsp3) is 1.00. The van der Waals surface area contributed by atoms with E-state index in [1.165, 1.54) is 6.42 Å².